The van der Waals surface area contributed by atoms with Gasteiger partial charge in [-0.15, -0.1) is 0 Å². The van der Waals surface area contributed by atoms with E-state index in [-0.39, 0.29) is 18.4 Å². The van der Waals surface area contributed by atoms with Crippen LogP contribution in [0.3, 0.4) is 0 Å². The summed E-state index contributed by atoms with van der Waals surface area (Å²) in [5, 5.41) is 14.1. The highest BCUT2D eigenvalue weighted by Crippen LogP contribution is 2.24. The molecule has 27 heavy (non-hydrogen) atoms. The zero-order chi connectivity index (χ0) is 19.4. The Morgan fingerprint density at radius 2 is 1.89 bits per heavy atom. The molecule has 5 nitrogen and oxygen atoms in total. The third-order valence-corrected chi connectivity index (χ3v) is 5.15. The Balaban J connectivity index is 1.64. The number of nitrogens with one attached hydrogen (secondary N) is 1. The molecule has 3 rings (SSSR count). The molecule has 0 radical (unpaired) electrons. The van der Waals surface area contributed by atoms with Crippen LogP contribution < -0.4 is 5.32 Å². The van der Waals surface area contributed by atoms with Crippen molar-refractivity contribution in [2.24, 2.45) is 0 Å². The molecule has 1 aliphatic heterocycles. The van der Waals surface area contributed by atoms with Crippen LogP contribution in [0.5, 0.6) is 0 Å². The van der Waals surface area contributed by atoms with Gasteiger partial charge < -0.3 is 15.3 Å². The summed E-state index contributed by atoms with van der Waals surface area (Å²) in [5.74, 6) is -0.269. The van der Waals surface area contributed by atoms with Gasteiger partial charge in [-0.3, -0.25) is 9.59 Å². The predicted molar refractivity (Wildman–Crippen MR) is 104 cm³/mol. The molecule has 2 N–H and O–H groups in total. The highest BCUT2D eigenvalue weighted by Gasteiger charge is 2.36. The van der Waals surface area contributed by atoms with Crippen molar-refractivity contribution in [1.29, 1.82) is 0 Å². The van der Waals surface area contributed by atoms with Crippen LogP contribution in [0.25, 0.3) is 0 Å². The Morgan fingerprint density at radius 1 is 1.22 bits per heavy atom. The van der Waals surface area contributed by atoms with Gasteiger partial charge in [-0.2, -0.15) is 0 Å². The fraction of sp³-hybridized carbons (Fsp3) is 0.333. The van der Waals surface area contributed by atoms with Crippen LogP contribution >= 0.6 is 11.6 Å². The van der Waals surface area contributed by atoms with Gasteiger partial charge in [-0.25, -0.2) is 0 Å². The minimum Gasteiger partial charge on any atom is -0.384 e. The maximum atomic E-state index is 12.7. The van der Waals surface area contributed by atoms with Gasteiger partial charge in [0.25, 0.3) is 0 Å². The molecule has 0 bridgehead atoms. The van der Waals surface area contributed by atoms with Crippen molar-refractivity contribution in [2.45, 2.75) is 38.0 Å². The van der Waals surface area contributed by atoms with Gasteiger partial charge in [-0.1, -0.05) is 54.1 Å². The summed E-state index contributed by atoms with van der Waals surface area (Å²) >= 11 is 5.88. The smallest absolute Gasteiger partial charge is 0.242 e. The molecule has 1 saturated heterocycles. The van der Waals surface area contributed by atoms with E-state index < -0.39 is 11.6 Å². The topological polar surface area (TPSA) is 69.6 Å². The van der Waals surface area contributed by atoms with E-state index in [1.54, 1.807) is 36.1 Å². The van der Waals surface area contributed by atoms with E-state index in [0.717, 1.165) is 5.56 Å². The van der Waals surface area contributed by atoms with Crippen molar-refractivity contribution in [3.8, 4) is 0 Å². The molecule has 0 aromatic heterocycles. The lowest BCUT2D eigenvalue weighted by Crippen LogP contribution is -2.48. The van der Waals surface area contributed by atoms with Crippen molar-refractivity contribution in [3.05, 3.63) is 70.7 Å². The van der Waals surface area contributed by atoms with Crippen molar-refractivity contribution in [2.75, 3.05) is 6.54 Å². The molecule has 1 fully saturated rings. The van der Waals surface area contributed by atoms with E-state index in [4.69, 9.17) is 11.6 Å². The molecule has 6 heteroatoms. The van der Waals surface area contributed by atoms with Gasteiger partial charge >= 0.3 is 0 Å². The van der Waals surface area contributed by atoms with E-state index in [9.17, 15) is 14.7 Å². The van der Waals surface area contributed by atoms with Crippen molar-refractivity contribution < 1.29 is 14.7 Å². The predicted octanol–water partition coefficient (Wildman–Crippen LogP) is 2.85. The SMILES string of the molecule is CC(O)(CNC(=O)C1CCC(=O)N1Cc1ccccc1)c1ccc(Cl)cc1. The summed E-state index contributed by atoms with van der Waals surface area (Å²) in [7, 11) is 0. The number of likely N-dealkylation sites (tertiary alicyclic amines) is 1. The lowest BCUT2D eigenvalue weighted by atomic mass is 9.96. The summed E-state index contributed by atoms with van der Waals surface area (Å²) < 4.78 is 0. The number of hydrogen-bond donors (Lipinski definition) is 2. The highest BCUT2D eigenvalue weighted by atomic mass is 35.5. The van der Waals surface area contributed by atoms with Crippen molar-refractivity contribution in [1.82, 2.24) is 10.2 Å². The zero-order valence-electron chi connectivity index (χ0n) is 15.2. The summed E-state index contributed by atoms with van der Waals surface area (Å²) in [5.41, 5.74) is 0.419. The largest absolute Gasteiger partial charge is 0.384 e. The lowest BCUT2D eigenvalue weighted by molar-refractivity contribution is -0.136. The number of hydrogen-bond acceptors (Lipinski definition) is 3. The maximum absolute atomic E-state index is 12.7. The molecule has 142 valence electrons. The van der Waals surface area contributed by atoms with Gasteiger partial charge in [0.1, 0.15) is 11.6 Å². The zero-order valence-corrected chi connectivity index (χ0v) is 15.9. The van der Waals surface area contributed by atoms with E-state index in [1.165, 1.54) is 0 Å². The standard InChI is InChI=1S/C21H23ClN2O3/c1-21(27,16-7-9-17(22)10-8-16)14-23-20(26)18-11-12-19(25)24(18)13-15-5-3-2-4-6-15/h2-10,18,27H,11-14H2,1H3,(H,23,26). The normalized spacial score (nSPS) is 19.0. The summed E-state index contributed by atoms with van der Waals surface area (Å²) in [6.45, 7) is 2.10. The van der Waals surface area contributed by atoms with Crippen LogP contribution in [-0.2, 0) is 21.7 Å². The van der Waals surface area contributed by atoms with Crippen LogP contribution in [0.2, 0.25) is 5.02 Å². The number of rotatable bonds is 6. The first-order valence-corrected chi connectivity index (χ1v) is 9.34. The number of carbonyl (C=O) groups is 2. The highest BCUT2D eigenvalue weighted by molar-refractivity contribution is 6.30. The Morgan fingerprint density at radius 3 is 2.56 bits per heavy atom. The number of aliphatic hydroxyl groups is 1. The van der Waals surface area contributed by atoms with Gasteiger partial charge in [0.15, 0.2) is 0 Å². The van der Waals surface area contributed by atoms with Crippen LogP contribution in [0.1, 0.15) is 30.9 Å². The minimum absolute atomic E-state index is 0.0246. The Bertz CT molecular complexity index is 806. The third kappa shape index (κ3) is 4.67. The van der Waals surface area contributed by atoms with Crippen molar-refractivity contribution in [3.63, 3.8) is 0 Å². The Labute approximate surface area is 163 Å². The van der Waals surface area contributed by atoms with Gasteiger partial charge in [0.05, 0.1) is 6.54 Å². The summed E-state index contributed by atoms with van der Waals surface area (Å²) in [6, 6.07) is 16.0. The first-order chi connectivity index (χ1) is 12.9. The fourth-order valence-electron chi connectivity index (χ4n) is 3.27. The summed E-state index contributed by atoms with van der Waals surface area (Å²) in [4.78, 5) is 26.5. The fourth-order valence-corrected chi connectivity index (χ4v) is 3.40. The molecule has 0 aliphatic carbocycles. The molecule has 1 heterocycles. The van der Waals surface area contributed by atoms with Crippen LogP contribution in [0.15, 0.2) is 54.6 Å². The van der Waals surface area contributed by atoms with Gasteiger partial charge in [-0.05, 0) is 36.6 Å². The average Bonchev–Trinajstić information content (AvgIpc) is 3.02. The maximum Gasteiger partial charge on any atom is 0.242 e. The number of halogens is 1. The molecule has 0 saturated carbocycles. The number of carbonyl (C=O) groups excluding carboxylic acids is 2. The number of amides is 2. The second-order valence-electron chi connectivity index (χ2n) is 7.06. The van der Waals surface area contributed by atoms with E-state index in [0.29, 0.717) is 30.0 Å². The molecular formula is C21H23ClN2O3. The van der Waals surface area contributed by atoms with Crippen molar-refractivity contribution >= 4 is 23.4 Å². The lowest BCUT2D eigenvalue weighted by Gasteiger charge is -2.28. The third-order valence-electron chi connectivity index (χ3n) is 4.90. The summed E-state index contributed by atoms with van der Waals surface area (Å²) in [6.07, 6.45) is 0.846. The van der Waals surface area contributed by atoms with Gasteiger partial charge in [0.2, 0.25) is 11.8 Å². The molecular weight excluding hydrogens is 364 g/mol. The molecule has 0 spiro atoms. The van der Waals surface area contributed by atoms with Gasteiger partial charge in [0, 0.05) is 18.0 Å². The molecule has 2 unspecified atom stereocenters. The molecule has 1 aliphatic rings. The minimum atomic E-state index is -1.23. The number of nitrogens with zero attached hydrogens (tertiary/aromatic N) is 1. The monoisotopic (exact) mass is 386 g/mol. The Kier molecular flexibility index (Phi) is 5.82. The molecule has 2 aromatic rings. The Hall–Kier alpha value is -2.37. The quantitative estimate of drug-likeness (QED) is 0.802. The number of benzene rings is 2. The van der Waals surface area contributed by atoms with Crippen LogP contribution in [0.4, 0.5) is 0 Å². The first kappa shape index (κ1) is 19.4. The molecule has 2 amide bonds. The first-order valence-electron chi connectivity index (χ1n) is 8.96. The second-order valence-corrected chi connectivity index (χ2v) is 7.50. The van der Waals surface area contributed by atoms with Crippen LogP contribution in [0, 0.1) is 0 Å². The molecule has 2 aromatic carbocycles. The van der Waals surface area contributed by atoms with Crippen LogP contribution in [-0.4, -0.2) is 34.4 Å². The average molecular weight is 387 g/mol. The van der Waals surface area contributed by atoms with E-state index in [1.807, 2.05) is 30.3 Å². The second kappa shape index (κ2) is 8.11. The molecule has 2 atom stereocenters. The van der Waals surface area contributed by atoms with E-state index in [2.05, 4.69) is 5.32 Å². The van der Waals surface area contributed by atoms with E-state index >= 15 is 0 Å².